The van der Waals surface area contributed by atoms with Gasteiger partial charge in [0.05, 0.1) is 17.8 Å². The van der Waals surface area contributed by atoms with Crippen LogP contribution in [-0.4, -0.2) is 23.8 Å². The summed E-state index contributed by atoms with van der Waals surface area (Å²) in [6, 6.07) is 29.6. The zero-order valence-corrected chi connectivity index (χ0v) is 20.3. The Hall–Kier alpha value is -3.70. The second-order valence-electron chi connectivity index (χ2n) is 8.37. The van der Waals surface area contributed by atoms with Crippen LogP contribution in [0.3, 0.4) is 0 Å². The standard InChI is InChI=1S/C29H28N2O2S/c1-22-9-6-7-12-25(22)21-31(29(33)27-13-8-18-34-27)26-16-14-23(15-17-26)19-28(32)30(2)20-24-10-4-3-5-11-24/h3-18H,19-21H2,1-2H3. The van der Waals surface area contributed by atoms with Crippen molar-refractivity contribution in [3.05, 3.63) is 124 Å². The number of rotatable bonds is 8. The van der Waals surface area contributed by atoms with E-state index in [0.717, 1.165) is 27.9 Å². The molecule has 0 aliphatic rings. The third kappa shape index (κ3) is 5.80. The average Bonchev–Trinajstić information content (AvgIpc) is 3.39. The summed E-state index contributed by atoms with van der Waals surface area (Å²) in [4.78, 5) is 30.3. The van der Waals surface area contributed by atoms with Crippen LogP contribution in [0.2, 0.25) is 0 Å². The van der Waals surface area contributed by atoms with Gasteiger partial charge in [0.2, 0.25) is 5.91 Å². The molecule has 1 aromatic heterocycles. The van der Waals surface area contributed by atoms with Crippen LogP contribution in [0.15, 0.2) is 96.4 Å². The van der Waals surface area contributed by atoms with Gasteiger partial charge in [0.15, 0.2) is 0 Å². The molecule has 4 nitrogen and oxygen atoms in total. The molecule has 5 heteroatoms. The quantitative estimate of drug-likeness (QED) is 0.313. The van der Waals surface area contributed by atoms with E-state index in [1.165, 1.54) is 11.3 Å². The largest absolute Gasteiger partial charge is 0.341 e. The minimum absolute atomic E-state index is 0.0235. The molecule has 34 heavy (non-hydrogen) atoms. The third-order valence-electron chi connectivity index (χ3n) is 5.86. The number of likely N-dealkylation sites (N-methyl/N-ethyl adjacent to an activating group) is 1. The van der Waals surface area contributed by atoms with E-state index in [2.05, 4.69) is 19.1 Å². The van der Waals surface area contributed by atoms with E-state index in [-0.39, 0.29) is 11.8 Å². The van der Waals surface area contributed by atoms with Gasteiger partial charge in [-0.25, -0.2) is 0 Å². The van der Waals surface area contributed by atoms with Gasteiger partial charge in [0.1, 0.15) is 0 Å². The van der Waals surface area contributed by atoms with Crippen molar-refractivity contribution in [1.29, 1.82) is 0 Å². The van der Waals surface area contributed by atoms with Crippen molar-refractivity contribution in [2.75, 3.05) is 11.9 Å². The van der Waals surface area contributed by atoms with E-state index in [0.29, 0.717) is 24.4 Å². The molecule has 4 rings (SSSR count). The Kier molecular flexibility index (Phi) is 7.55. The molecular formula is C29H28N2O2S. The number of nitrogens with zero attached hydrogens (tertiary/aromatic N) is 2. The number of carbonyl (C=O) groups is 2. The van der Waals surface area contributed by atoms with Gasteiger partial charge in [0, 0.05) is 19.3 Å². The average molecular weight is 469 g/mol. The molecule has 4 aromatic rings. The van der Waals surface area contributed by atoms with Gasteiger partial charge >= 0.3 is 0 Å². The zero-order valence-electron chi connectivity index (χ0n) is 19.5. The molecule has 0 bridgehead atoms. The Morgan fingerprint density at radius 1 is 0.765 bits per heavy atom. The maximum atomic E-state index is 13.3. The number of carbonyl (C=O) groups excluding carboxylic acids is 2. The molecule has 0 radical (unpaired) electrons. The maximum Gasteiger partial charge on any atom is 0.268 e. The summed E-state index contributed by atoms with van der Waals surface area (Å²) < 4.78 is 0. The number of amides is 2. The highest BCUT2D eigenvalue weighted by Crippen LogP contribution is 2.24. The van der Waals surface area contributed by atoms with E-state index in [4.69, 9.17) is 0 Å². The van der Waals surface area contributed by atoms with Gasteiger partial charge in [0.25, 0.3) is 5.91 Å². The number of hydrogen-bond donors (Lipinski definition) is 0. The summed E-state index contributed by atoms with van der Waals surface area (Å²) in [5.41, 5.74) is 5.10. The molecular weight excluding hydrogens is 440 g/mol. The Bertz CT molecular complexity index is 1230. The maximum absolute atomic E-state index is 13.3. The summed E-state index contributed by atoms with van der Waals surface area (Å²) in [5.74, 6) is 0.0349. The first-order chi connectivity index (χ1) is 16.5. The number of aryl methyl sites for hydroxylation is 1. The van der Waals surface area contributed by atoms with Gasteiger partial charge in [-0.1, -0.05) is 72.8 Å². The van der Waals surface area contributed by atoms with Gasteiger partial charge < -0.3 is 9.80 Å². The summed E-state index contributed by atoms with van der Waals surface area (Å²) in [6.07, 6.45) is 0.320. The van der Waals surface area contributed by atoms with E-state index < -0.39 is 0 Å². The predicted molar refractivity (Wildman–Crippen MR) is 139 cm³/mol. The van der Waals surface area contributed by atoms with Crippen molar-refractivity contribution in [3.8, 4) is 0 Å². The van der Waals surface area contributed by atoms with Crippen LogP contribution in [0, 0.1) is 6.92 Å². The van der Waals surface area contributed by atoms with Crippen LogP contribution in [0.4, 0.5) is 5.69 Å². The van der Waals surface area contributed by atoms with Crippen LogP contribution in [-0.2, 0) is 24.3 Å². The number of hydrogen-bond acceptors (Lipinski definition) is 3. The molecule has 0 aliphatic carbocycles. The second kappa shape index (κ2) is 10.9. The Morgan fingerprint density at radius 2 is 1.47 bits per heavy atom. The first-order valence-electron chi connectivity index (χ1n) is 11.3. The third-order valence-corrected chi connectivity index (χ3v) is 6.72. The van der Waals surface area contributed by atoms with Gasteiger partial charge in [-0.05, 0) is 52.8 Å². The molecule has 0 spiro atoms. The van der Waals surface area contributed by atoms with E-state index >= 15 is 0 Å². The van der Waals surface area contributed by atoms with Crippen molar-refractivity contribution in [1.82, 2.24) is 4.90 Å². The monoisotopic (exact) mass is 468 g/mol. The highest BCUT2D eigenvalue weighted by atomic mass is 32.1. The number of thiophene rings is 1. The minimum atomic E-state index is -0.0235. The summed E-state index contributed by atoms with van der Waals surface area (Å²) in [7, 11) is 1.83. The fourth-order valence-corrected chi connectivity index (χ4v) is 4.49. The highest BCUT2D eigenvalue weighted by molar-refractivity contribution is 7.12. The first kappa shape index (κ1) is 23.5. The molecule has 0 unspecified atom stereocenters. The van der Waals surface area contributed by atoms with Crippen molar-refractivity contribution < 1.29 is 9.59 Å². The van der Waals surface area contributed by atoms with E-state index in [1.807, 2.05) is 91.3 Å². The lowest BCUT2D eigenvalue weighted by Gasteiger charge is -2.24. The number of benzene rings is 3. The molecule has 172 valence electrons. The molecule has 0 aliphatic heterocycles. The summed E-state index contributed by atoms with van der Waals surface area (Å²) in [5, 5.41) is 1.92. The fraction of sp³-hybridized carbons (Fsp3) is 0.172. The first-order valence-corrected chi connectivity index (χ1v) is 12.2. The second-order valence-corrected chi connectivity index (χ2v) is 9.32. The Labute approximate surface area is 205 Å². The van der Waals surface area contributed by atoms with Gasteiger partial charge in [-0.2, -0.15) is 0 Å². The minimum Gasteiger partial charge on any atom is -0.341 e. The fourth-order valence-electron chi connectivity index (χ4n) is 3.82. The molecule has 0 fully saturated rings. The Morgan fingerprint density at radius 3 is 2.15 bits per heavy atom. The van der Waals surface area contributed by atoms with Crippen molar-refractivity contribution in [2.45, 2.75) is 26.4 Å². The van der Waals surface area contributed by atoms with Crippen LogP contribution in [0.5, 0.6) is 0 Å². The molecule has 2 amide bonds. The molecule has 0 saturated carbocycles. The molecule has 3 aromatic carbocycles. The van der Waals surface area contributed by atoms with E-state index in [9.17, 15) is 9.59 Å². The van der Waals surface area contributed by atoms with Crippen molar-refractivity contribution in [2.24, 2.45) is 0 Å². The zero-order chi connectivity index (χ0) is 23.9. The van der Waals surface area contributed by atoms with E-state index in [1.54, 1.807) is 9.80 Å². The molecule has 0 N–H and O–H groups in total. The lowest BCUT2D eigenvalue weighted by molar-refractivity contribution is -0.129. The lowest BCUT2D eigenvalue weighted by atomic mass is 10.1. The van der Waals surface area contributed by atoms with Crippen molar-refractivity contribution in [3.63, 3.8) is 0 Å². The van der Waals surface area contributed by atoms with Crippen molar-refractivity contribution >= 4 is 28.8 Å². The van der Waals surface area contributed by atoms with Crippen LogP contribution < -0.4 is 4.90 Å². The van der Waals surface area contributed by atoms with Crippen LogP contribution in [0.25, 0.3) is 0 Å². The molecule has 0 saturated heterocycles. The highest BCUT2D eigenvalue weighted by Gasteiger charge is 2.20. The predicted octanol–water partition coefficient (Wildman–Crippen LogP) is 6.10. The number of anilines is 1. The summed E-state index contributed by atoms with van der Waals surface area (Å²) >= 11 is 1.44. The molecule has 1 heterocycles. The van der Waals surface area contributed by atoms with Crippen LogP contribution >= 0.6 is 11.3 Å². The smallest absolute Gasteiger partial charge is 0.268 e. The SMILES string of the molecule is Cc1ccccc1CN(C(=O)c1cccs1)c1ccc(CC(=O)N(C)Cc2ccccc2)cc1. The van der Waals surface area contributed by atoms with Gasteiger partial charge in [-0.15, -0.1) is 11.3 Å². The lowest BCUT2D eigenvalue weighted by Crippen LogP contribution is -2.30. The summed E-state index contributed by atoms with van der Waals surface area (Å²) in [6.45, 7) is 3.13. The van der Waals surface area contributed by atoms with Crippen LogP contribution in [0.1, 0.15) is 31.9 Å². The Balaban J connectivity index is 1.50. The topological polar surface area (TPSA) is 40.6 Å². The normalized spacial score (nSPS) is 10.6. The molecule has 0 atom stereocenters. The van der Waals surface area contributed by atoms with Gasteiger partial charge in [-0.3, -0.25) is 9.59 Å².